The van der Waals surface area contributed by atoms with Crippen molar-refractivity contribution in [3.8, 4) is 0 Å². The molecule has 0 saturated carbocycles. The Morgan fingerprint density at radius 1 is 1.25 bits per heavy atom. The van der Waals surface area contributed by atoms with Crippen LogP contribution in [0.1, 0.15) is 46.0 Å². The second-order valence-corrected chi connectivity index (χ2v) is 12.0. The highest BCUT2D eigenvalue weighted by Crippen LogP contribution is 2.71. The molecule has 4 heterocycles. The van der Waals surface area contributed by atoms with Gasteiger partial charge in [-0.3, -0.25) is 14.4 Å². The average Bonchev–Trinajstić information content (AvgIpc) is 3.56. The zero-order valence-electron chi connectivity index (χ0n) is 20.7. The molecule has 1 spiro atoms. The molecule has 11 heteroatoms. The summed E-state index contributed by atoms with van der Waals surface area (Å²) in [5, 5.41) is 20.5. The molecular formula is C25H33N5O5S. The summed E-state index contributed by atoms with van der Waals surface area (Å²) >= 11 is 1.63. The number of fused-ring (bicyclic) bond motifs is 2. The van der Waals surface area contributed by atoms with Crippen molar-refractivity contribution in [2.75, 3.05) is 19.8 Å². The third kappa shape index (κ3) is 3.87. The lowest BCUT2D eigenvalue weighted by molar-refractivity contribution is -0.155. The summed E-state index contributed by atoms with van der Waals surface area (Å²) in [5.74, 6) is -1.88. The lowest BCUT2D eigenvalue weighted by Gasteiger charge is -2.34. The number of benzene rings is 1. The molecule has 5 rings (SSSR count). The third-order valence-corrected chi connectivity index (χ3v) is 9.93. The zero-order valence-corrected chi connectivity index (χ0v) is 21.5. The van der Waals surface area contributed by atoms with Crippen LogP contribution >= 0.6 is 11.8 Å². The van der Waals surface area contributed by atoms with Crippen LogP contribution in [-0.2, 0) is 25.8 Å². The lowest BCUT2D eigenvalue weighted by atomic mass is 9.66. The van der Waals surface area contributed by atoms with Crippen LogP contribution in [0.3, 0.4) is 0 Å². The highest BCUT2D eigenvalue weighted by molar-refractivity contribution is 8.02. The molecule has 36 heavy (non-hydrogen) atoms. The van der Waals surface area contributed by atoms with Crippen molar-refractivity contribution in [2.24, 2.45) is 11.8 Å². The number of aliphatic hydroxyl groups is 1. The number of esters is 1. The van der Waals surface area contributed by atoms with E-state index in [0.29, 0.717) is 25.8 Å². The molecule has 194 valence electrons. The molecule has 1 aromatic heterocycles. The fourth-order valence-corrected chi connectivity index (χ4v) is 8.76. The first kappa shape index (κ1) is 25.0. The largest absolute Gasteiger partial charge is 0.466 e. The number of hydrogen-bond acceptors (Lipinski definition) is 8. The molecule has 1 aromatic carbocycles. The van der Waals surface area contributed by atoms with E-state index in [1.54, 1.807) is 28.3 Å². The number of ether oxygens (including phenoxy) is 1. The number of aromatic nitrogens is 3. The Morgan fingerprint density at radius 3 is 2.83 bits per heavy atom. The number of hydrogen-bond donors (Lipinski definition) is 2. The molecule has 5 atom stereocenters. The molecule has 2 aromatic rings. The second-order valence-electron chi connectivity index (χ2n) is 10.1. The van der Waals surface area contributed by atoms with E-state index >= 15 is 0 Å². The minimum Gasteiger partial charge on any atom is -0.466 e. The van der Waals surface area contributed by atoms with Gasteiger partial charge in [-0.05, 0) is 58.1 Å². The second kappa shape index (κ2) is 9.66. The highest BCUT2D eigenvalue weighted by Gasteiger charge is 2.77. The van der Waals surface area contributed by atoms with Gasteiger partial charge < -0.3 is 20.1 Å². The Labute approximate surface area is 214 Å². The molecule has 0 radical (unpaired) electrons. The molecule has 10 nitrogen and oxygen atoms in total. The number of carbonyl (C=O) groups is 3. The monoisotopic (exact) mass is 515 g/mol. The number of rotatable bonds is 10. The maximum absolute atomic E-state index is 13.9. The number of aliphatic hydroxyl groups excluding tert-OH is 1. The van der Waals surface area contributed by atoms with Crippen molar-refractivity contribution in [1.29, 1.82) is 0 Å². The summed E-state index contributed by atoms with van der Waals surface area (Å²) in [7, 11) is 0. The standard InChI is InChI=1S/C25H33N5O5S/c1-3-35-23(34)19-18-22(33)29(13-7-4-8-14-31)20(25(18)12-11-24(19,2)36-25)21(32)26-15-30-17-10-6-5-9-16(17)27-28-30/h5-6,9-10,18-20,31H,3-4,7-8,11-15H2,1-2H3,(H,26,32)/t18-,19-,20?,24+,25?/m0/s1. The summed E-state index contributed by atoms with van der Waals surface area (Å²) in [6.07, 6.45) is 3.52. The number of para-hydroxylation sites is 1. The first-order chi connectivity index (χ1) is 17.4. The smallest absolute Gasteiger partial charge is 0.311 e. The average molecular weight is 516 g/mol. The molecule has 3 saturated heterocycles. The van der Waals surface area contributed by atoms with Crippen LogP contribution in [0.25, 0.3) is 11.0 Å². The fourth-order valence-electron chi connectivity index (χ4n) is 6.41. The number of unbranched alkanes of at least 4 members (excludes halogenated alkanes) is 2. The maximum Gasteiger partial charge on any atom is 0.311 e. The number of nitrogens with one attached hydrogen (secondary N) is 1. The molecule has 2 bridgehead atoms. The molecule has 3 aliphatic rings. The van der Waals surface area contributed by atoms with E-state index in [2.05, 4.69) is 15.6 Å². The minimum absolute atomic E-state index is 0.0927. The molecule has 2 unspecified atom stereocenters. The van der Waals surface area contributed by atoms with Gasteiger partial charge in [-0.2, -0.15) is 0 Å². The molecule has 3 fully saturated rings. The van der Waals surface area contributed by atoms with Gasteiger partial charge in [0.1, 0.15) is 18.2 Å². The summed E-state index contributed by atoms with van der Waals surface area (Å²) in [5.41, 5.74) is 1.55. The highest BCUT2D eigenvalue weighted by atomic mass is 32.2. The van der Waals surface area contributed by atoms with Gasteiger partial charge in [0.15, 0.2) is 0 Å². The summed E-state index contributed by atoms with van der Waals surface area (Å²) in [6, 6.07) is 6.83. The predicted octanol–water partition coefficient (Wildman–Crippen LogP) is 1.71. The molecule has 2 amide bonds. The van der Waals surface area contributed by atoms with Crippen LogP contribution in [0.15, 0.2) is 24.3 Å². The van der Waals surface area contributed by atoms with Crippen LogP contribution in [0.2, 0.25) is 0 Å². The van der Waals surface area contributed by atoms with Gasteiger partial charge >= 0.3 is 5.97 Å². The third-order valence-electron chi connectivity index (χ3n) is 7.95. The van der Waals surface area contributed by atoms with Crippen molar-refractivity contribution >= 4 is 40.6 Å². The number of amides is 2. The van der Waals surface area contributed by atoms with Crippen molar-refractivity contribution < 1.29 is 24.2 Å². The Hall–Kier alpha value is -2.66. The van der Waals surface area contributed by atoms with Gasteiger partial charge in [-0.15, -0.1) is 16.9 Å². The number of thioether (sulfide) groups is 1. The van der Waals surface area contributed by atoms with Crippen LogP contribution in [0.4, 0.5) is 0 Å². The van der Waals surface area contributed by atoms with Crippen LogP contribution in [0.5, 0.6) is 0 Å². The van der Waals surface area contributed by atoms with Gasteiger partial charge in [-0.25, -0.2) is 4.68 Å². The van der Waals surface area contributed by atoms with Gasteiger partial charge in [0, 0.05) is 17.9 Å². The van der Waals surface area contributed by atoms with Crippen molar-refractivity contribution in [2.45, 2.75) is 68.2 Å². The van der Waals surface area contributed by atoms with Gasteiger partial charge in [0.25, 0.3) is 0 Å². The Balaban J connectivity index is 1.43. The lowest BCUT2D eigenvalue weighted by Crippen LogP contribution is -2.53. The normalized spacial score (nSPS) is 30.7. The van der Waals surface area contributed by atoms with Gasteiger partial charge in [0.05, 0.1) is 28.7 Å². The summed E-state index contributed by atoms with van der Waals surface area (Å²) in [4.78, 5) is 42.4. The first-order valence-electron chi connectivity index (χ1n) is 12.7. The first-order valence-corrected chi connectivity index (χ1v) is 13.5. The van der Waals surface area contributed by atoms with E-state index in [1.165, 1.54) is 0 Å². The van der Waals surface area contributed by atoms with E-state index in [9.17, 15) is 14.4 Å². The number of likely N-dealkylation sites (tertiary alicyclic amines) is 1. The molecule has 2 N–H and O–H groups in total. The van der Waals surface area contributed by atoms with Crippen LogP contribution in [0, 0.1) is 11.8 Å². The van der Waals surface area contributed by atoms with Gasteiger partial charge in [0.2, 0.25) is 11.8 Å². The zero-order chi connectivity index (χ0) is 25.5. The Bertz CT molecular complexity index is 1170. The van der Waals surface area contributed by atoms with Crippen LogP contribution < -0.4 is 5.32 Å². The fraction of sp³-hybridized carbons (Fsp3) is 0.640. The maximum atomic E-state index is 13.9. The molecule has 3 aliphatic heterocycles. The van der Waals surface area contributed by atoms with Crippen LogP contribution in [-0.4, -0.2) is 78.1 Å². The number of nitrogens with zero attached hydrogens (tertiary/aromatic N) is 4. The van der Waals surface area contributed by atoms with E-state index in [1.807, 2.05) is 31.2 Å². The van der Waals surface area contributed by atoms with E-state index < -0.39 is 27.4 Å². The summed E-state index contributed by atoms with van der Waals surface area (Å²) in [6.45, 7) is 4.69. The topological polar surface area (TPSA) is 127 Å². The Morgan fingerprint density at radius 2 is 2.06 bits per heavy atom. The minimum atomic E-state index is -0.690. The van der Waals surface area contributed by atoms with E-state index in [4.69, 9.17) is 9.84 Å². The molecular weight excluding hydrogens is 482 g/mol. The van der Waals surface area contributed by atoms with Crippen molar-refractivity contribution in [3.05, 3.63) is 24.3 Å². The van der Waals surface area contributed by atoms with E-state index in [0.717, 1.165) is 23.9 Å². The van der Waals surface area contributed by atoms with E-state index in [-0.39, 0.29) is 37.7 Å². The summed E-state index contributed by atoms with van der Waals surface area (Å²) < 4.78 is 5.93. The molecule has 0 aliphatic carbocycles. The quantitative estimate of drug-likeness (QED) is 0.362. The predicted molar refractivity (Wildman–Crippen MR) is 134 cm³/mol. The van der Waals surface area contributed by atoms with Crippen molar-refractivity contribution in [1.82, 2.24) is 25.2 Å². The number of carbonyl (C=O) groups excluding carboxylic acids is 3. The SMILES string of the molecule is CCOC(=O)[C@@H]1[C@H]2C(=O)N(CCCCCO)C(C(=O)NCn3nnc4ccccc43)C23CC[C@@]1(C)S3. The van der Waals surface area contributed by atoms with Crippen molar-refractivity contribution in [3.63, 3.8) is 0 Å². The van der Waals surface area contributed by atoms with Gasteiger partial charge in [-0.1, -0.05) is 17.3 Å². The Kier molecular flexibility index (Phi) is 6.71.